The van der Waals surface area contributed by atoms with E-state index in [0.717, 1.165) is 0 Å². The largest absolute Gasteiger partial charge is 0.461 e. The molecule has 3 N–H and O–H groups in total. The van der Waals surface area contributed by atoms with E-state index in [4.69, 9.17) is 33.7 Å². The summed E-state index contributed by atoms with van der Waals surface area (Å²) in [5.41, 5.74) is 6.29. The van der Waals surface area contributed by atoms with Gasteiger partial charge in [0.25, 0.3) is 0 Å². The third kappa shape index (κ3) is 3.85. The van der Waals surface area contributed by atoms with Crippen LogP contribution in [0.5, 0.6) is 6.01 Å². The molecule has 2 aromatic rings. The van der Waals surface area contributed by atoms with Crippen molar-refractivity contribution in [3.63, 3.8) is 0 Å². The fourth-order valence-corrected chi connectivity index (χ4v) is 1.69. The van der Waals surface area contributed by atoms with E-state index in [1.54, 1.807) is 18.2 Å². The van der Waals surface area contributed by atoms with Crippen molar-refractivity contribution in [2.45, 2.75) is 20.0 Å². The maximum absolute atomic E-state index is 5.94. The number of nitrogens with zero attached hydrogens (tertiary/aromatic N) is 3. The molecule has 8 heteroatoms. The topological polar surface area (TPSA) is 86.0 Å². The quantitative estimate of drug-likeness (QED) is 0.900. The predicted octanol–water partition coefficient (Wildman–Crippen LogP) is 3.29. The highest BCUT2D eigenvalue weighted by Gasteiger charge is 2.08. The Labute approximate surface area is 126 Å². The fourth-order valence-electron chi connectivity index (χ4n) is 1.39. The van der Waals surface area contributed by atoms with Crippen LogP contribution < -0.4 is 15.8 Å². The number of ether oxygens (including phenoxy) is 1. The molecule has 0 saturated heterocycles. The van der Waals surface area contributed by atoms with Gasteiger partial charge in [0.05, 0.1) is 16.1 Å². The summed E-state index contributed by atoms with van der Waals surface area (Å²) in [5, 5.41) is 3.86. The molecule has 0 aliphatic heterocycles. The number of rotatable bonds is 4. The van der Waals surface area contributed by atoms with Gasteiger partial charge in [0.2, 0.25) is 11.9 Å². The molecule has 6 nitrogen and oxygen atoms in total. The van der Waals surface area contributed by atoms with Crippen molar-refractivity contribution in [2.24, 2.45) is 0 Å². The third-order valence-corrected chi connectivity index (χ3v) is 2.89. The lowest BCUT2D eigenvalue weighted by molar-refractivity contribution is 0.222. The molecule has 0 atom stereocenters. The van der Waals surface area contributed by atoms with Crippen molar-refractivity contribution in [1.82, 2.24) is 15.0 Å². The highest BCUT2D eigenvalue weighted by Crippen LogP contribution is 2.26. The number of benzene rings is 1. The molecule has 0 aliphatic rings. The summed E-state index contributed by atoms with van der Waals surface area (Å²) in [5.74, 6) is 0.338. The minimum absolute atomic E-state index is 0.0605. The second-order valence-corrected chi connectivity index (χ2v) is 5.03. The van der Waals surface area contributed by atoms with Crippen LogP contribution in [0, 0.1) is 0 Å². The smallest absolute Gasteiger partial charge is 0.323 e. The monoisotopic (exact) mass is 313 g/mol. The molecule has 0 saturated carbocycles. The summed E-state index contributed by atoms with van der Waals surface area (Å²) in [6.45, 7) is 3.73. The Morgan fingerprint density at radius 2 is 1.90 bits per heavy atom. The number of nitrogen functional groups attached to an aromatic ring is 1. The van der Waals surface area contributed by atoms with Crippen molar-refractivity contribution in [3.05, 3.63) is 28.2 Å². The molecule has 0 bridgehead atoms. The van der Waals surface area contributed by atoms with Crippen LogP contribution >= 0.6 is 23.2 Å². The summed E-state index contributed by atoms with van der Waals surface area (Å²) in [6.07, 6.45) is -0.0605. The van der Waals surface area contributed by atoms with Gasteiger partial charge in [-0.25, -0.2) is 0 Å². The summed E-state index contributed by atoms with van der Waals surface area (Å²) < 4.78 is 5.39. The summed E-state index contributed by atoms with van der Waals surface area (Å²) in [7, 11) is 0. The van der Waals surface area contributed by atoms with E-state index >= 15 is 0 Å². The van der Waals surface area contributed by atoms with Gasteiger partial charge in [0.1, 0.15) is 0 Å². The molecule has 106 valence electrons. The number of hydrogen-bond donors (Lipinski definition) is 2. The Kier molecular flexibility index (Phi) is 4.46. The molecular formula is C12H13Cl2N5O. The first-order valence-corrected chi connectivity index (χ1v) is 6.60. The van der Waals surface area contributed by atoms with Crippen LogP contribution in [0.15, 0.2) is 18.2 Å². The summed E-state index contributed by atoms with van der Waals surface area (Å²) >= 11 is 11.8. The van der Waals surface area contributed by atoms with Crippen molar-refractivity contribution in [2.75, 3.05) is 11.1 Å². The van der Waals surface area contributed by atoms with Gasteiger partial charge < -0.3 is 15.8 Å². The van der Waals surface area contributed by atoms with Crippen molar-refractivity contribution in [3.8, 4) is 6.01 Å². The molecule has 0 spiro atoms. The number of nitrogens with one attached hydrogen (secondary N) is 1. The van der Waals surface area contributed by atoms with Gasteiger partial charge >= 0.3 is 6.01 Å². The van der Waals surface area contributed by atoms with Gasteiger partial charge in [-0.1, -0.05) is 23.2 Å². The Hall–Kier alpha value is -1.79. The number of anilines is 3. The van der Waals surface area contributed by atoms with E-state index in [1.165, 1.54) is 0 Å². The zero-order chi connectivity index (χ0) is 14.7. The summed E-state index contributed by atoms with van der Waals surface area (Å²) in [4.78, 5) is 12.0. The SMILES string of the molecule is CC(C)Oc1nc(N)nc(Nc2ccc(Cl)c(Cl)c2)n1. The first kappa shape index (κ1) is 14.6. The molecule has 2 rings (SSSR count). The Morgan fingerprint density at radius 3 is 2.55 bits per heavy atom. The highest BCUT2D eigenvalue weighted by molar-refractivity contribution is 6.42. The molecule has 0 radical (unpaired) electrons. The highest BCUT2D eigenvalue weighted by atomic mass is 35.5. The van der Waals surface area contributed by atoms with E-state index in [9.17, 15) is 0 Å². The average molecular weight is 314 g/mol. The molecule has 1 heterocycles. The number of halogens is 2. The number of hydrogen-bond acceptors (Lipinski definition) is 6. The minimum Gasteiger partial charge on any atom is -0.461 e. The molecule has 20 heavy (non-hydrogen) atoms. The predicted molar refractivity (Wildman–Crippen MR) is 79.7 cm³/mol. The standard InChI is InChI=1S/C12H13Cl2N5O/c1-6(2)20-12-18-10(15)17-11(19-12)16-7-3-4-8(13)9(14)5-7/h3-6H,1-2H3,(H3,15,16,17,18,19). The maximum atomic E-state index is 5.94. The first-order chi connectivity index (χ1) is 9.44. The zero-order valence-electron chi connectivity index (χ0n) is 10.9. The van der Waals surface area contributed by atoms with Gasteiger partial charge in [-0.05, 0) is 32.0 Å². The zero-order valence-corrected chi connectivity index (χ0v) is 12.4. The van der Waals surface area contributed by atoms with Gasteiger partial charge in [0.15, 0.2) is 0 Å². The van der Waals surface area contributed by atoms with Crippen LogP contribution in [-0.2, 0) is 0 Å². The van der Waals surface area contributed by atoms with Crippen molar-refractivity contribution < 1.29 is 4.74 Å². The Morgan fingerprint density at radius 1 is 1.15 bits per heavy atom. The van der Waals surface area contributed by atoms with E-state index in [2.05, 4.69) is 20.3 Å². The van der Waals surface area contributed by atoms with Crippen LogP contribution in [0.4, 0.5) is 17.6 Å². The molecular weight excluding hydrogens is 301 g/mol. The lowest BCUT2D eigenvalue weighted by Crippen LogP contribution is -2.11. The molecule has 0 unspecified atom stereocenters. The van der Waals surface area contributed by atoms with Gasteiger partial charge in [-0.2, -0.15) is 15.0 Å². The lowest BCUT2D eigenvalue weighted by Gasteiger charge is -2.10. The molecule has 1 aromatic carbocycles. The molecule has 1 aromatic heterocycles. The van der Waals surface area contributed by atoms with Gasteiger partial charge in [0, 0.05) is 5.69 Å². The van der Waals surface area contributed by atoms with Crippen molar-refractivity contribution >= 4 is 40.8 Å². The van der Waals surface area contributed by atoms with Gasteiger partial charge in [-0.15, -0.1) is 0 Å². The van der Waals surface area contributed by atoms with E-state index < -0.39 is 0 Å². The Bertz CT molecular complexity index is 621. The first-order valence-electron chi connectivity index (χ1n) is 5.84. The van der Waals surface area contributed by atoms with Gasteiger partial charge in [-0.3, -0.25) is 0 Å². The van der Waals surface area contributed by atoms with Crippen molar-refractivity contribution in [1.29, 1.82) is 0 Å². The molecule has 0 aliphatic carbocycles. The van der Waals surface area contributed by atoms with E-state index in [0.29, 0.717) is 15.7 Å². The van der Waals surface area contributed by atoms with Crippen LogP contribution in [0.1, 0.15) is 13.8 Å². The lowest BCUT2D eigenvalue weighted by atomic mass is 10.3. The van der Waals surface area contributed by atoms with Crippen LogP contribution in [-0.4, -0.2) is 21.1 Å². The average Bonchev–Trinajstić information content (AvgIpc) is 2.32. The normalized spacial score (nSPS) is 10.7. The minimum atomic E-state index is -0.0605. The van der Waals surface area contributed by atoms with E-state index in [1.807, 2.05) is 13.8 Å². The Balaban J connectivity index is 2.24. The van der Waals surface area contributed by atoms with Crippen LogP contribution in [0.3, 0.4) is 0 Å². The molecule has 0 amide bonds. The van der Waals surface area contributed by atoms with Crippen LogP contribution in [0.25, 0.3) is 0 Å². The summed E-state index contributed by atoms with van der Waals surface area (Å²) in [6, 6.07) is 5.24. The number of nitrogens with two attached hydrogens (primary N) is 1. The number of aromatic nitrogens is 3. The van der Waals surface area contributed by atoms with E-state index in [-0.39, 0.29) is 24.0 Å². The molecule has 0 fully saturated rings. The second-order valence-electron chi connectivity index (χ2n) is 4.22. The third-order valence-electron chi connectivity index (χ3n) is 2.15. The van der Waals surface area contributed by atoms with Crippen LogP contribution in [0.2, 0.25) is 10.0 Å². The second kappa shape index (κ2) is 6.11. The fraction of sp³-hybridized carbons (Fsp3) is 0.250. The maximum Gasteiger partial charge on any atom is 0.323 e.